The van der Waals surface area contributed by atoms with E-state index in [0.717, 1.165) is 23.2 Å². The van der Waals surface area contributed by atoms with Crippen LogP contribution in [0.5, 0.6) is 0 Å². The minimum Gasteiger partial charge on any atom is -0.379 e. The van der Waals surface area contributed by atoms with Crippen LogP contribution in [0.15, 0.2) is 0 Å². The Hall–Kier alpha value is -1.94. The van der Waals surface area contributed by atoms with E-state index in [9.17, 15) is 13.2 Å². The number of nitrogens with zero attached hydrogens (tertiary/aromatic N) is 5. The van der Waals surface area contributed by atoms with E-state index in [4.69, 9.17) is 4.74 Å². The molecule has 10 heteroatoms. The van der Waals surface area contributed by atoms with Gasteiger partial charge in [-0.15, -0.1) is 15.3 Å². The molecule has 0 saturated carbocycles. The Kier molecular flexibility index (Phi) is 5.57. The second-order valence-electron chi connectivity index (χ2n) is 7.20. The molecule has 2 aromatic heterocycles. The van der Waals surface area contributed by atoms with Crippen molar-refractivity contribution in [3.05, 3.63) is 17.0 Å². The molecule has 1 N–H and O–H groups in total. The SMILES string of the molecule is Cc1c(NCC(C(C)C)N2CCOCC2)nn2c(C(F)(F)F)nnc2c1C. The van der Waals surface area contributed by atoms with Crippen LogP contribution in [-0.4, -0.2) is 63.6 Å². The number of hydrogen-bond acceptors (Lipinski definition) is 6. The fourth-order valence-electron chi connectivity index (χ4n) is 3.37. The smallest absolute Gasteiger partial charge is 0.379 e. The summed E-state index contributed by atoms with van der Waals surface area (Å²) in [6.07, 6.45) is -4.61. The lowest BCUT2D eigenvalue weighted by atomic mass is 10.0. The van der Waals surface area contributed by atoms with Gasteiger partial charge in [-0.1, -0.05) is 13.8 Å². The molecule has 0 amide bonds. The number of aryl methyl sites for hydroxylation is 1. The molecule has 0 aliphatic carbocycles. The highest BCUT2D eigenvalue weighted by atomic mass is 19.4. The molecule has 150 valence electrons. The molecule has 1 unspecified atom stereocenters. The van der Waals surface area contributed by atoms with Crippen molar-refractivity contribution in [2.24, 2.45) is 5.92 Å². The number of fused-ring (bicyclic) bond motifs is 1. The van der Waals surface area contributed by atoms with E-state index < -0.39 is 12.0 Å². The van der Waals surface area contributed by atoms with Gasteiger partial charge in [0.15, 0.2) is 5.65 Å². The maximum atomic E-state index is 13.2. The Morgan fingerprint density at radius 2 is 1.78 bits per heavy atom. The highest BCUT2D eigenvalue weighted by Crippen LogP contribution is 2.29. The molecule has 0 radical (unpaired) electrons. The molecular weight excluding hydrogens is 361 g/mol. The summed E-state index contributed by atoms with van der Waals surface area (Å²) in [5, 5.41) is 14.4. The Morgan fingerprint density at radius 3 is 2.37 bits per heavy atom. The second kappa shape index (κ2) is 7.59. The summed E-state index contributed by atoms with van der Waals surface area (Å²) in [5.41, 5.74) is 1.52. The topological polar surface area (TPSA) is 67.6 Å². The molecule has 0 bridgehead atoms. The van der Waals surface area contributed by atoms with Crippen LogP contribution in [-0.2, 0) is 10.9 Å². The van der Waals surface area contributed by atoms with Crippen LogP contribution in [0.1, 0.15) is 30.8 Å². The number of nitrogens with one attached hydrogen (secondary N) is 1. The summed E-state index contributed by atoms with van der Waals surface area (Å²) in [7, 11) is 0. The summed E-state index contributed by atoms with van der Waals surface area (Å²) in [4.78, 5) is 2.35. The first kappa shape index (κ1) is 19.8. The Bertz CT molecular complexity index is 798. The van der Waals surface area contributed by atoms with Gasteiger partial charge in [0.1, 0.15) is 5.82 Å². The molecule has 3 rings (SSSR count). The molecule has 1 aliphatic heterocycles. The van der Waals surface area contributed by atoms with E-state index in [1.165, 1.54) is 0 Å². The lowest BCUT2D eigenvalue weighted by molar-refractivity contribution is -0.146. The van der Waals surface area contributed by atoms with Gasteiger partial charge in [-0.3, -0.25) is 4.90 Å². The van der Waals surface area contributed by atoms with Crippen LogP contribution in [0.4, 0.5) is 19.0 Å². The van der Waals surface area contributed by atoms with E-state index in [1.807, 2.05) is 6.92 Å². The number of hydrogen-bond donors (Lipinski definition) is 1. The zero-order valence-electron chi connectivity index (χ0n) is 16.0. The summed E-state index contributed by atoms with van der Waals surface area (Å²) >= 11 is 0. The minimum atomic E-state index is -4.61. The van der Waals surface area contributed by atoms with Gasteiger partial charge in [-0.2, -0.15) is 17.7 Å². The van der Waals surface area contributed by atoms with E-state index in [0.29, 0.717) is 37.1 Å². The molecular formula is C17H25F3N6O. The lowest BCUT2D eigenvalue weighted by Gasteiger charge is -2.37. The number of halogens is 3. The standard InChI is InChI=1S/C17H25F3N6O/c1-10(2)13(25-5-7-27-8-6-25)9-21-14-11(3)12(4)15-22-23-16(17(18,19)20)26(15)24-14/h10,13H,5-9H2,1-4H3,(H,21,24). The maximum absolute atomic E-state index is 13.2. The number of aromatic nitrogens is 4. The van der Waals surface area contributed by atoms with Gasteiger partial charge in [0.2, 0.25) is 0 Å². The van der Waals surface area contributed by atoms with Gasteiger partial charge < -0.3 is 10.1 Å². The first-order valence-electron chi connectivity index (χ1n) is 9.05. The predicted molar refractivity (Wildman–Crippen MR) is 94.8 cm³/mol. The zero-order valence-corrected chi connectivity index (χ0v) is 16.0. The molecule has 1 atom stereocenters. The first-order valence-corrected chi connectivity index (χ1v) is 9.05. The second-order valence-corrected chi connectivity index (χ2v) is 7.20. The van der Waals surface area contributed by atoms with Crippen molar-refractivity contribution in [2.75, 3.05) is 38.2 Å². The minimum absolute atomic E-state index is 0.124. The molecule has 1 saturated heterocycles. The Balaban J connectivity index is 1.88. The number of alkyl halides is 3. The van der Waals surface area contributed by atoms with Crippen molar-refractivity contribution in [3.8, 4) is 0 Å². The molecule has 1 aliphatic rings. The monoisotopic (exact) mass is 386 g/mol. The predicted octanol–water partition coefficient (Wildman–Crippen LogP) is 2.53. The van der Waals surface area contributed by atoms with Crippen molar-refractivity contribution in [2.45, 2.75) is 39.9 Å². The van der Waals surface area contributed by atoms with E-state index in [1.54, 1.807) is 6.92 Å². The van der Waals surface area contributed by atoms with Crippen LogP contribution in [0.3, 0.4) is 0 Å². The van der Waals surface area contributed by atoms with Crippen LogP contribution < -0.4 is 5.32 Å². The fraction of sp³-hybridized carbons (Fsp3) is 0.706. The van der Waals surface area contributed by atoms with Crippen molar-refractivity contribution >= 4 is 11.5 Å². The normalized spacial score (nSPS) is 17.6. The van der Waals surface area contributed by atoms with E-state index >= 15 is 0 Å². The number of anilines is 1. The Morgan fingerprint density at radius 1 is 1.11 bits per heavy atom. The van der Waals surface area contributed by atoms with Crippen LogP contribution >= 0.6 is 0 Å². The van der Waals surface area contributed by atoms with Crippen molar-refractivity contribution in [3.63, 3.8) is 0 Å². The quantitative estimate of drug-likeness (QED) is 0.852. The van der Waals surface area contributed by atoms with E-state index in [-0.39, 0.29) is 11.7 Å². The van der Waals surface area contributed by atoms with Crippen molar-refractivity contribution in [1.82, 2.24) is 24.7 Å². The lowest BCUT2D eigenvalue weighted by Crippen LogP contribution is -2.49. The highest BCUT2D eigenvalue weighted by molar-refractivity contribution is 5.58. The third-order valence-corrected chi connectivity index (χ3v) is 5.11. The Labute approximate surface area is 155 Å². The fourth-order valence-corrected chi connectivity index (χ4v) is 3.37. The summed E-state index contributed by atoms with van der Waals surface area (Å²) in [6.45, 7) is 11.5. The van der Waals surface area contributed by atoms with Crippen LogP contribution in [0.2, 0.25) is 0 Å². The van der Waals surface area contributed by atoms with Crippen LogP contribution in [0, 0.1) is 19.8 Å². The average molecular weight is 386 g/mol. The van der Waals surface area contributed by atoms with Gasteiger partial charge >= 0.3 is 6.18 Å². The largest absolute Gasteiger partial charge is 0.453 e. The van der Waals surface area contributed by atoms with E-state index in [2.05, 4.69) is 39.4 Å². The molecule has 27 heavy (non-hydrogen) atoms. The molecule has 1 fully saturated rings. The van der Waals surface area contributed by atoms with Crippen molar-refractivity contribution in [1.29, 1.82) is 0 Å². The maximum Gasteiger partial charge on any atom is 0.453 e. The zero-order chi connectivity index (χ0) is 19.8. The van der Waals surface area contributed by atoms with Crippen molar-refractivity contribution < 1.29 is 17.9 Å². The summed E-state index contributed by atoms with van der Waals surface area (Å²) < 4.78 is 45.7. The number of ether oxygens (including phenoxy) is 1. The molecule has 3 heterocycles. The van der Waals surface area contributed by atoms with Gasteiger partial charge in [-0.25, -0.2) is 0 Å². The molecule has 0 aromatic carbocycles. The number of morpholine rings is 1. The molecule has 7 nitrogen and oxygen atoms in total. The third kappa shape index (κ3) is 4.01. The van der Waals surface area contributed by atoms with Gasteiger partial charge in [-0.05, 0) is 25.3 Å². The number of rotatable bonds is 5. The van der Waals surface area contributed by atoms with Gasteiger partial charge in [0, 0.05) is 31.2 Å². The average Bonchev–Trinajstić information content (AvgIpc) is 3.04. The first-order chi connectivity index (χ1) is 12.7. The van der Waals surface area contributed by atoms with Gasteiger partial charge in [0.05, 0.1) is 13.2 Å². The van der Waals surface area contributed by atoms with Crippen LogP contribution in [0.25, 0.3) is 5.65 Å². The van der Waals surface area contributed by atoms with Gasteiger partial charge in [0.25, 0.3) is 5.82 Å². The summed E-state index contributed by atoms with van der Waals surface area (Å²) in [5.74, 6) is -0.317. The third-order valence-electron chi connectivity index (χ3n) is 5.11. The highest BCUT2D eigenvalue weighted by Gasteiger charge is 2.38. The molecule has 0 spiro atoms. The summed E-state index contributed by atoms with van der Waals surface area (Å²) in [6, 6.07) is 0.231. The molecule has 2 aromatic rings.